The van der Waals surface area contributed by atoms with Gasteiger partial charge < -0.3 is 9.47 Å². The molecule has 0 saturated heterocycles. The topological polar surface area (TPSA) is 35.5 Å². The number of esters is 1. The first-order chi connectivity index (χ1) is 10.1. The smallest absolute Gasteiger partial charge is 0.311 e. The number of halogens is 1. The normalized spacial score (nSPS) is 10.2. The highest BCUT2D eigenvalue weighted by Gasteiger charge is 2.10. The summed E-state index contributed by atoms with van der Waals surface area (Å²) in [6.07, 6.45) is 0.732. The summed E-state index contributed by atoms with van der Waals surface area (Å²) in [5.41, 5.74) is 1.92. The second-order valence-corrected chi connectivity index (χ2v) is 4.75. The maximum absolute atomic E-state index is 12.8. The van der Waals surface area contributed by atoms with Crippen LogP contribution in [0.1, 0.15) is 17.5 Å². The van der Waals surface area contributed by atoms with Gasteiger partial charge in [-0.3, -0.25) is 4.79 Å². The zero-order valence-electron chi connectivity index (χ0n) is 12.1. The molecule has 21 heavy (non-hydrogen) atoms. The molecule has 4 heteroatoms. The van der Waals surface area contributed by atoms with E-state index < -0.39 is 0 Å². The van der Waals surface area contributed by atoms with Crippen molar-refractivity contribution in [3.8, 4) is 11.5 Å². The van der Waals surface area contributed by atoms with E-state index in [1.54, 1.807) is 18.2 Å². The SMILES string of the molecule is COc1cc(C)ccc1OC(=O)CCc1ccc(F)cc1. The van der Waals surface area contributed by atoms with Crippen LogP contribution in [0.5, 0.6) is 11.5 Å². The van der Waals surface area contributed by atoms with E-state index in [-0.39, 0.29) is 18.2 Å². The van der Waals surface area contributed by atoms with Gasteiger partial charge >= 0.3 is 5.97 Å². The highest BCUT2D eigenvalue weighted by molar-refractivity contribution is 5.73. The van der Waals surface area contributed by atoms with Crippen molar-refractivity contribution in [1.29, 1.82) is 0 Å². The van der Waals surface area contributed by atoms with E-state index in [1.165, 1.54) is 19.2 Å². The van der Waals surface area contributed by atoms with E-state index in [0.29, 0.717) is 17.9 Å². The maximum Gasteiger partial charge on any atom is 0.311 e. The summed E-state index contributed by atoms with van der Waals surface area (Å²) in [4.78, 5) is 11.9. The first kappa shape index (κ1) is 15.0. The zero-order valence-corrected chi connectivity index (χ0v) is 12.1. The van der Waals surface area contributed by atoms with E-state index in [9.17, 15) is 9.18 Å². The van der Waals surface area contributed by atoms with Crippen LogP contribution in [0.2, 0.25) is 0 Å². The number of methoxy groups -OCH3 is 1. The van der Waals surface area contributed by atoms with Gasteiger partial charge in [0.05, 0.1) is 7.11 Å². The number of rotatable bonds is 5. The van der Waals surface area contributed by atoms with Gasteiger partial charge in [-0.2, -0.15) is 0 Å². The van der Waals surface area contributed by atoms with Crippen LogP contribution in [-0.4, -0.2) is 13.1 Å². The van der Waals surface area contributed by atoms with E-state index >= 15 is 0 Å². The third-order valence-corrected chi connectivity index (χ3v) is 3.07. The number of carbonyl (C=O) groups excluding carboxylic acids is 1. The summed E-state index contributed by atoms with van der Waals surface area (Å²) in [7, 11) is 1.53. The fraction of sp³-hybridized carbons (Fsp3) is 0.235. The van der Waals surface area contributed by atoms with Crippen molar-refractivity contribution >= 4 is 5.97 Å². The minimum absolute atomic E-state index is 0.225. The van der Waals surface area contributed by atoms with Gasteiger partial charge in [0.25, 0.3) is 0 Å². The average Bonchev–Trinajstić information content (AvgIpc) is 2.48. The molecule has 2 aromatic rings. The van der Waals surface area contributed by atoms with Crippen molar-refractivity contribution in [2.24, 2.45) is 0 Å². The molecule has 110 valence electrons. The largest absolute Gasteiger partial charge is 0.493 e. The van der Waals surface area contributed by atoms with Crippen LogP contribution in [0, 0.1) is 12.7 Å². The van der Waals surface area contributed by atoms with Crippen LogP contribution < -0.4 is 9.47 Å². The summed E-state index contributed by atoms with van der Waals surface area (Å²) in [6.45, 7) is 1.93. The summed E-state index contributed by atoms with van der Waals surface area (Å²) >= 11 is 0. The molecule has 2 rings (SSSR count). The summed E-state index contributed by atoms with van der Waals surface area (Å²) < 4.78 is 23.3. The number of hydrogen-bond donors (Lipinski definition) is 0. The van der Waals surface area contributed by atoms with Gasteiger partial charge in [0.2, 0.25) is 0 Å². The molecule has 0 bridgehead atoms. The lowest BCUT2D eigenvalue weighted by Gasteiger charge is -2.09. The Morgan fingerprint density at radius 3 is 2.48 bits per heavy atom. The molecule has 0 unspecified atom stereocenters. The van der Waals surface area contributed by atoms with Crippen molar-refractivity contribution in [1.82, 2.24) is 0 Å². The van der Waals surface area contributed by atoms with Gasteiger partial charge in [-0.1, -0.05) is 18.2 Å². The Morgan fingerprint density at radius 2 is 1.81 bits per heavy atom. The number of benzene rings is 2. The van der Waals surface area contributed by atoms with E-state index in [1.807, 2.05) is 19.1 Å². The second-order valence-electron chi connectivity index (χ2n) is 4.75. The average molecular weight is 288 g/mol. The number of hydrogen-bond acceptors (Lipinski definition) is 3. The molecule has 0 aromatic heterocycles. The molecule has 0 saturated carbocycles. The maximum atomic E-state index is 12.8. The molecular weight excluding hydrogens is 271 g/mol. The minimum atomic E-state index is -0.346. The summed E-state index contributed by atoms with van der Waals surface area (Å²) in [5.74, 6) is 0.310. The zero-order chi connectivity index (χ0) is 15.2. The first-order valence-corrected chi connectivity index (χ1v) is 6.68. The van der Waals surface area contributed by atoms with Crippen molar-refractivity contribution in [2.75, 3.05) is 7.11 Å². The van der Waals surface area contributed by atoms with Crippen LogP contribution >= 0.6 is 0 Å². The Labute approximate surface area is 123 Å². The fourth-order valence-electron chi connectivity index (χ4n) is 1.93. The van der Waals surface area contributed by atoms with Gasteiger partial charge in [-0.25, -0.2) is 4.39 Å². The predicted molar refractivity (Wildman–Crippen MR) is 78.1 cm³/mol. The minimum Gasteiger partial charge on any atom is -0.493 e. The summed E-state index contributed by atoms with van der Waals surface area (Å²) in [5, 5.41) is 0. The Balaban J connectivity index is 1.94. The van der Waals surface area contributed by atoms with E-state index in [2.05, 4.69) is 0 Å². The Morgan fingerprint density at radius 1 is 1.10 bits per heavy atom. The lowest BCUT2D eigenvalue weighted by Crippen LogP contribution is -2.10. The molecule has 0 amide bonds. The summed E-state index contributed by atoms with van der Waals surface area (Å²) in [6, 6.07) is 11.5. The first-order valence-electron chi connectivity index (χ1n) is 6.68. The fourth-order valence-corrected chi connectivity index (χ4v) is 1.93. The molecule has 0 aliphatic carbocycles. The van der Waals surface area contributed by atoms with Crippen LogP contribution in [-0.2, 0) is 11.2 Å². The van der Waals surface area contributed by atoms with Gasteiger partial charge in [0, 0.05) is 6.42 Å². The molecule has 0 atom stereocenters. The monoisotopic (exact) mass is 288 g/mol. The predicted octanol–water partition coefficient (Wildman–Crippen LogP) is 3.68. The van der Waals surface area contributed by atoms with Gasteiger partial charge in [-0.05, 0) is 48.7 Å². The lowest BCUT2D eigenvalue weighted by atomic mass is 10.1. The van der Waals surface area contributed by atoms with Crippen molar-refractivity contribution in [3.05, 3.63) is 59.4 Å². The molecule has 2 aromatic carbocycles. The van der Waals surface area contributed by atoms with Gasteiger partial charge in [-0.15, -0.1) is 0 Å². The molecule has 0 aliphatic rings. The second kappa shape index (κ2) is 6.88. The molecule has 0 fully saturated rings. The van der Waals surface area contributed by atoms with Gasteiger partial charge in [0.1, 0.15) is 5.82 Å². The Hall–Kier alpha value is -2.36. The Kier molecular flexibility index (Phi) is 4.93. The van der Waals surface area contributed by atoms with Crippen LogP contribution in [0.15, 0.2) is 42.5 Å². The number of ether oxygens (including phenoxy) is 2. The van der Waals surface area contributed by atoms with E-state index in [0.717, 1.165) is 11.1 Å². The third kappa shape index (κ3) is 4.31. The number of carbonyl (C=O) groups is 1. The van der Waals surface area contributed by atoms with Crippen LogP contribution in [0.25, 0.3) is 0 Å². The quantitative estimate of drug-likeness (QED) is 0.622. The van der Waals surface area contributed by atoms with Crippen molar-refractivity contribution in [3.63, 3.8) is 0 Å². The molecular formula is C17H17FO3. The standard InChI is InChI=1S/C17H17FO3/c1-12-3-9-15(16(11-12)20-2)21-17(19)10-6-13-4-7-14(18)8-5-13/h3-5,7-9,11H,6,10H2,1-2H3. The van der Waals surface area contributed by atoms with E-state index in [4.69, 9.17) is 9.47 Å². The molecule has 3 nitrogen and oxygen atoms in total. The van der Waals surface area contributed by atoms with Crippen molar-refractivity contribution < 1.29 is 18.7 Å². The molecule has 0 spiro atoms. The lowest BCUT2D eigenvalue weighted by molar-refractivity contribution is -0.134. The van der Waals surface area contributed by atoms with Crippen LogP contribution in [0.3, 0.4) is 0 Å². The number of aryl methyl sites for hydroxylation is 2. The molecule has 0 heterocycles. The molecule has 0 radical (unpaired) electrons. The third-order valence-electron chi connectivity index (χ3n) is 3.07. The van der Waals surface area contributed by atoms with Gasteiger partial charge in [0.15, 0.2) is 11.5 Å². The highest BCUT2D eigenvalue weighted by Crippen LogP contribution is 2.28. The molecule has 0 aliphatic heterocycles. The van der Waals surface area contributed by atoms with Crippen LogP contribution in [0.4, 0.5) is 4.39 Å². The molecule has 0 N–H and O–H groups in total. The highest BCUT2D eigenvalue weighted by atomic mass is 19.1. The Bertz CT molecular complexity index is 620. The van der Waals surface area contributed by atoms with Crippen molar-refractivity contribution in [2.45, 2.75) is 19.8 Å².